The second-order valence-electron chi connectivity index (χ2n) is 7.47. The van der Waals surface area contributed by atoms with Gasteiger partial charge in [0.15, 0.2) is 0 Å². The zero-order chi connectivity index (χ0) is 22.0. The molecule has 3 aromatic heterocycles. The van der Waals surface area contributed by atoms with E-state index >= 15 is 0 Å². The molecule has 0 spiro atoms. The number of nitrogens with one attached hydrogen (secondary N) is 1. The van der Waals surface area contributed by atoms with Gasteiger partial charge < -0.3 is 5.32 Å². The third kappa shape index (κ3) is 3.86. The summed E-state index contributed by atoms with van der Waals surface area (Å²) in [5.74, 6) is -0.147. The van der Waals surface area contributed by atoms with Crippen LogP contribution >= 0.6 is 0 Å². The van der Waals surface area contributed by atoms with E-state index < -0.39 is 0 Å². The Morgan fingerprint density at radius 2 is 1.87 bits per heavy atom. The minimum Gasteiger partial charge on any atom is -0.325 e. The molecular formula is C24H25N5O2. The fourth-order valence-electron chi connectivity index (χ4n) is 4.01. The third-order valence-electron chi connectivity index (χ3n) is 5.49. The lowest BCUT2D eigenvalue weighted by Gasteiger charge is -2.14. The van der Waals surface area contributed by atoms with E-state index in [1.54, 1.807) is 29.1 Å². The monoisotopic (exact) mass is 415 g/mol. The summed E-state index contributed by atoms with van der Waals surface area (Å²) in [6.07, 6.45) is 3.83. The van der Waals surface area contributed by atoms with Gasteiger partial charge in [-0.25, -0.2) is 4.68 Å². The zero-order valence-electron chi connectivity index (χ0n) is 17.9. The van der Waals surface area contributed by atoms with Crippen molar-refractivity contribution in [1.82, 2.24) is 19.3 Å². The van der Waals surface area contributed by atoms with Gasteiger partial charge in [-0.1, -0.05) is 18.2 Å². The lowest BCUT2D eigenvalue weighted by Crippen LogP contribution is -2.27. The fraction of sp³-hybridized carbons (Fsp3) is 0.250. The molecule has 0 fully saturated rings. The van der Waals surface area contributed by atoms with Crippen molar-refractivity contribution in [3.8, 4) is 5.69 Å². The predicted molar refractivity (Wildman–Crippen MR) is 122 cm³/mol. The molecule has 4 rings (SSSR count). The first-order valence-electron chi connectivity index (χ1n) is 10.4. The van der Waals surface area contributed by atoms with Crippen molar-refractivity contribution < 1.29 is 4.79 Å². The Morgan fingerprint density at radius 3 is 2.55 bits per heavy atom. The molecule has 4 aromatic rings. The molecule has 0 saturated heterocycles. The Morgan fingerprint density at radius 1 is 1.10 bits per heavy atom. The number of pyridine rings is 2. The molecule has 0 atom stereocenters. The maximum Gasteiger partial charge on any atom is 0.255 e. The van der Waals surface area contributed by atoms with Crippen LogP contribution in [0.2, 0.25) is 0 Å². The smallest absolute Gasteiger partial charge is 0.255 e. The van der Waals surface area contributed by atoms with Crippen LogP contribution in [-0.2, 0) is 17.8 Å². The molecule has 0 aliphatic carbocycles. The number of aryl methyl sites for hydroxylation is 3. The Balaban J connectivity index is 1.73. The number of hydrogen-bond acceptors (Lipinski definition) is 4. The molecule has 1 amide bonds. The summed E-state index contributed by atoms with van der Waals surface area (Å²) in [5.41, 5.74) is 4.68. The van der Waals surface area contributed by atoms with Crippen molar-refractivity contribution in [3.05, 3.63) is 82.0 Å². The molecule has 0 bridgehead atoms. The van der Waals surface area contributed by atoms with Gasteiger partial charge in [-0.05, 0) is 57.0 Å². The molecule has 7 heteroatoms. The van der Waals surface area contributed by atoms with E-state index in [2.05, 4.69) is 10.3 Å². The van der Waals surface area contributed by atoms with E-state index in [1.165, 1.54) is 0 Å². The molecular weight excluding hydrogens is 390 g/mol. The molecule has 0 aliphatic heterocycles. The summed E-state index contributed by atoms with van der Waals surface area (Å²) < 4.78 is 3.59. The maximum atomic E-state index is 13.4. The van der Waals surface area contributed by atoms with Crippen LogP contribution in [0.25, 0.3) is 16.7 Å². The van der Waals surface area contributed by atoms with Gasteiger partial charge in [0.25, 0.3) is 5.56 Å². The highest BCUT2D eigenvalue weighted by atomic mass is 16.1. The highest BCUT2D eigenvalue weighted by Crippen LogP contribution is 2.26. The van der Waals surface area contributed by atoms with E-state index in [4.69, 9.17) is 5.10 Å². The number of carbonyl (C=O) groups is 1. The number of benzene rings is 1. The van der Waals surface area contributed by atoms with E-state index in [0.717, 1.165) is 28.0 Å². The number of anilines is 1. The molecule has 0 unspecified atom stereocenters. The molecule has 1 aromatic carbocycles. The summed E-state index contributed by atoms with van der Waals surface area (Å²) >= 11 is 0. The van der Waals surface area contributed by atoms with Gasteiger partial charge in [0, 0.05) is 30.1 Å². The average Bonchev–Trinajstić information content (AvgIpc) is 3.12. The van der Waals surface area contributed by atoms with Crippen LogP contribution < -0.4 is 10.9 Å². The van der Waals surface area contributed by atoms with Gasteiger partial charge >= 0.3 is 0 Å². The highest BCUT2D eigenvalue weighted by molar-refractivity contribution is 5.91. The summed E-state index contributed by atoms with van der Waals surface area (Å²) in [6.45, 7) is 6.37. The van der Waals surface area contributed by atoms with Gasteiger partial charge in [-0.15, -0.1) is 0 Å². The lowest BCUT2D eigenvalue weighted by molar-refractivity contribution is -0.116. The summed E-state index contributed by atoms with van der Waals surface area (Å²) in [6, 6.07) is 13.4. The van der Waals surface area contributed by atoms with Gasteiger partial charge in [0.2, 0.25) is 5.91 Å². The first-order chi connectivity index (χ1) is 15.0. The molecule has 3 heterocycles. The van der Waals surface area contributed by atoms with Gasteiger partial charge in [-0.3, -0.25) is 19.1 Å². The van der Waals surface area contributed by atoms with Crippen molar-refractivity contribution >= 4 is 22.6 Å². The molecule has 31 heavy (non-hydrogen) atoms. The largest absolute Gasteiger partial charge is 0.325 e. The van der Waals surface area contributed by atoms with Crippen LogP contribution in [0.1, 0.15) is 30.2 Å². The standard InChI is InChI=1S/C24H25N5O2/c1-4-28-23-22(17(3)27-29(23)19-10-6-5-7-11-19)16(2)20(24(28)31)12-13-21(30)26-18-9-8-14-25-15-18/h5-11,14-15H,4,12-13H2,1-3H3,(H,26,30). The van der Waals surface area contributed by atoms with Crippen molar-refractivity contribution in [2.45, 2.75) is 40.2 Å². The van der Waals surface area contributed by atoms with Gasteiger partial charge in [-0.2, -0.15) is 5.10 Å². The topological polar surface area (TPSA) is 81.8 Å². The zero-order valence-corrected chi connectivity index (χ0v) is 17.9. The SMILES string of the molecule is CCn1c(=O)c(CCC(=O)Nc2cccnc2)c(C)c2c(C)nn(-c3ccccc3)c21. The molecule has 158 valence electrons. The molecule has 0 aliphatic rings. The quantitative estimate of drug-likeness (QED) is 0.519. The third-order valence-corrected chi connectivity index (χ3v) is 5.49. The van der Waals surface area contributed by atoms with Gasteiger partial charge in [0.05, 0.1) is 23.3 Å². The average molecular weight is 415 g/mol. The van der Waals surface area contributed by atoms with Crippen LogP contribution in [0.15, 0.2) is 59.7 Å². The number of para-hydroxylation sites is 1. The van der Waals surface area contributed by atoms with Crippen LogP contribution in [0, 0.1) is 13.8 Å². The number of carbonyl (C=O) groups excluding carboxylic acids is 1. The second-order valence-corrected chi connectivity index (χ2v) is 7.47. The van der Waals surface area contributed by atoms with Crippen LogP contribution in [0.4, 0.5) is 5.69 Å². The number of nitrogens with zero attached hydrogens (tertiary/aromatic N) is 4. The Hall–Kier alpha value is -3.74. The number of hydrogen-bond donors (Lipinski definition) is 1. The van der Waals surface area contributed by atoms with Crippen LogP contribution in [0.5, 0.6) is 0 Å². The number of amides is 1. The molecule has 1 N–H and O–H groups in total. The number of aromatic nitrogens is 4. The first kappa shape index (κ1) is 20.5. The Bertz CT molecular complexity index is 1290. The van der Waals surface area contributed by atoms with Crippen LogP contribution in [-0.4, -0.2) is 25.2 Å². The van der Waals surface area contributed by atoms with E-state index in [9.17, 15) is 9.59 Å². The van der Waals surface area contributed by atoms with Crippen molar-refractivity contribution in [1.29, 1.82) is 0 Å². The molecule has 7 nitrogen and oxygen atoms in total. The van der Waals surface area contributed by atoms with E-state index in [0.29, 0.717) is 24.2 Å². The highest BCUT2D eigenvalue weighted by Gasteiger charge is 2.21. The van der Waals surface area contributed by atoms with Crippen molar-refractivity contribution in [2.24, 2.45) is 0 Å². The van der Waals surface area contributed by atoms with Crippen molar-refractivity contribution in [2.75, 3.05) is 5.32 Å². The molecule has 0 radical (unpaired) electrons. The predicted octanol–water partition coefficient (Wildman–Crippen LogP) is 3.79. The van der Waals surface area contributed by atoms with E-state index in [1.807, 2.05) is 55.8 Å². The minimum absolute atomic E-state index is 0.0706. The van der Waals surface area contributed by atoms with Crippen LogP contribution in [0.3, 0.4) is 0 Å². The number of rotatable bonds is 6. The number of fused-ring (bicyclic) bond motifs is 1. The van der Waals surface area contributed by atoms with Gasteiger partial charge in [0.1, 0.15) is 5.65 Å². The molecule has 0 saturated carbocycles. The van der Waals surface area contributed by atoms with Crippen molar-refractivity contribution in [3.63, 3.8) is 0 Å². The summed E-state index contributed by atoms with van der Waals surface area (Å²) in [7, 11) is 0. The maximum absolute atomic E-state index is 13.4. The summed E-state index contributed by atoms with van der Waals surface area (Å²) in [5, 5.41) is 8.53. The minimum atomic E-state index is -0.147. The lowest BCUT2D eigenvalue weighted by atomic mass is 10.0. The Labute approximate surface area is 180 Å². The van der Waals surface area contributed by atoms with E-state index in [-0.39, 0.29) is 17.9 Å². The first-order valence-corrected chi connectivity index (χ1v) is 10.4. The Kier molecular flexibility index (Phi) is 5.66. The fourth-order valence-corrected chi connectivity index (χ4v) is 4.01. The summed E-state index contributed by atoms with van der Waals surface area (Å²) in [4.78, 5) is 29.8. The second kappa shape index (κ2) is 8.55. The normalized spacial score (nSPS) is 11.1.